The molecule has 0 radical (unpaired) electrons. The smallest absolute Gasteiger partial charge is 0.0320 e. The zero-order valence-electron chi connectivity index (χ0n) is 7.19. The molecule has 1 atom stereocenters. The molecule has 0 bridgehead atoms. The standard InChI is InChI=1S/C10H18/c1-3-10-6-4-5-9(2)7-8-10/h5,10H,3-4,6-8H2,1-2H3. The highest BCUT2D eigenvalue weighted by molar-refractivity contribution is 5.00. The largest absolute Gasteiger partial charge is 0.0856 e. The molecule has 0 aromatic carbocycles. The molecule has 1 rings (SSSR count). The summed E-state index contributed by atoms with van der Waals surface area (Å²) in [5.41, 5.74) is 1.61. The van der Waals surface area contributed by atoms with Crippen molar-refractivity contribution in [2.45, 2.75) is 46.0 Å². The van der Waals surface area contributed by atoms with E-state index < -0.39 is 0 Å². The Balaban J connectivity index is 2.36. The Kier molecular flexibility index (Phi) is 2.98. The van der Waals surface area contributed by atoms with Gasteiger partial charge >= 0.3 is 0 Å². The Labute approximate surface area is 64.3 Å². The Morgan fingerprint density at radius 2 is 2.30 bits per heavy atom. The molecule has 0 aromatic rings. The number of hydrogen-bond acceptors (Lipinski definition) is 0. The maximum atomic E-state index is 2.41. The maximum Gasteiger partial charge on any atom is -0.0320 e. The molecule has 0 heterocycles. The molecule has 0 N–H and O–H groups in total. The fourth-order valence-corrected chi connectivity index (χ4v) is 1.65. The van der Waals surface area contributed by atoms with E-state index in [1.807, 2.05) is 0 Å². The van der Waals surface area contributed by atoms with Gasteiger partial charge in [0.2, 0.25) is 0 Å². The molecule has 1 aliphatic rings. The van der Waals surface area contributed by atoms with Crippen LogP contribution in [-0.2, 0) is 0 Å². The molecular weight excluding hydrogens is 120 g/mol. The molecule has 0 spiro atoms. The van der Waals surface area contributed by atoms with Crippen LogP contribution in [0.2, 0.25) is 0 Å². The van der Waals surface area contributed by atoms with E-state index in [-0.39, 0.29) is 0 Å². The lowest BCUT2D eigenvalue weighted by Gasteiger charge is -2.09. The first kappa shape index (κ1) is 7.84. The van der Waals surface area contributed by atoms with Crippen LogP contribution in [0.3, 0.4) is 0 Å². The van der Waals surface area contributed by atoms with Crippen LogP contribution in [0, 0.1) is 5.92 Å². The monoisotopic (exact) mass is 138 g/mol. The van der Waals surface area contributed by atoms with E-state index in [4.69, 9.17) is 0 Å². The topological polar surface area (TPSA) is 0 Å². The van der Waals surface area contributed by atoms with E-state index in [2.05, 4.69) is 19.9 Å². The second-order valence-corrected chi connectivity index (χ2v) is 3.44. The summed E-state index contributed by atoms with van der Waals surface area (Å²) in [6.07, 6.45) is 9.31. The predicted octanol–water partition coefficient (Wildman–Crippen LogP) is 3.53. The van der Waals surface area contributed by atoms with E-state index in [0.29, 0.717) is 0 Å². The lowest BCUT2D eigenvalue weighted by molar-refractivity contribution is 0.451. The van der Waals surface area contributed by atoms with Crippen LogP contribution in [-0.4, -0.2) is 0 Å². The van der Waals surface area contributed by atoms with Gasteiger partial charge in [-0.1, -0.05) is 25.0 Å². The Hall–Kier alpha value is -0.260. The summed E-state index contributed by atoms with van der Waals surface area (Å²) in [4.78, 5) is 0. The van der Waals surface area contributed by atoms with Crippen molar-refractivity contribution in [3.05, 3.63) is 11.6 Å². The van der Waals surface area contributed by atoms with Crippen LogP contribution in [0.15, 0.2) is 11.6 Å². The second-order valence-electron chi connectivity index (χ2n) is 3.44. The molecule has 0 aliphatic heterocycles. The van der Waals surface area contributed by atoms with E-state index in [0.717, 1.165) is 5.92 Å². The highest BCUT2D eigenvalue weighted by Crippen LogP contribution is 2.24. The first-order valence-corrected chi connectivity index (χ1v) is 4.48. The number of hydrogen-bond donors (Lipinski definition) is 0. The summed E-state index contributed by atoms with van der Waals surface area (Å²) in [7, 11) is 0. The number of allylic oxidation sites excluding steroid dienone is 2. The van der Waals surface area contributed by atoms with Crippen molar-refractivity contribution in [2.75, 3.05) is 0 Å². The van der Waals surface area contributed by atoms with E-state index in [1.165, 1.54) is 32.1 Å². The first-order chi connectivity index (χ1) is 4.83. The van der Waals surface area contributed by atoms with Crippen LogP contribution < -0.4 is 0 Å². The average Bonchev–Trinajstić information content (AvgIpc) is 2.14. The second kappa shape index (κ2) is 3.80. The highest BCUT2D eigenvalue weighted by atomic mass is 14.1. The third-order valence-corrected chi connectivity index (χ3v) is 2.59. The van der Waals surface area contributed by atoms with Crippen molar-refractivity contribution in [1.29, 1.82) is 0 Å². The molecule has 1 unspecified atom stereocenters. The fraction of sp³-hybridized carbons (Fsp3) is 0.800. The van der Waals surface area contributed by atoms with Gasteiger partial charge in [-0.25, -0.2) is 0 Å². The normalized spacial score (nSPS) is 27.4. The van der Waals surface area contributed by atoms with Crippen LogP contribution in [0.1, 0.15) is 46.0 Å². The molecule has 0 aromatic heterocycles. The summed E-state index contributed by atoms with van der Waals surface area (Å²) >= 11 is 0. The molecule has 0 heteroatoms. The molecule has 10 heavy (non-hydrogen) atoms. The van der Waals surface area contributed by atoms with Gasteiger partial charge in [-0.05, 0) is 38.5 Å². The molecule has 0 saturated heterocycles. The SMILES string of the molecule is CCC1CCC=C(C)CC1. The minimum Gasteiger partial charge on any atom is -0.0856 e. The number of rotatable bonds is 1. The van der Waals surface area contributed by atoms with Crippen LogP contribution in [0.25, 0.3) is 0 Å². The Bertz CT molecular complexity index is 122. The highest BCUT2D eigenvalue weighted by Gasteiger charge is 2.08. The van der Waals surface area contributed by atoms with E-state index >= 15 is 0 Å². The summed E-state index contributed by atoms with van der Waals surface area (Å²) in [5, 5.41) is 0. The minimum atomic E-state index is 1.01. The predicted molar refractivity (Wildman–Crippen MR) is 46.0 cm³/mol. The van der Waals surface area contributed by atoms with Gasteiger partial charge in [-0.15, -0.1) is 0 Å². The van der Waals surface area contributed by atoms with Gasteiger partial charge in [0.25, 0.3) is 0 Å². The summed E-state index contributed by atoms with van der Waals surface area (Å²) in [6.45, 7) is 4.57. The van der Waals surface area contributed by atoms with E-state index in [1.54, 1.807) is 5.57 Å². The Morgan fingerprint density at radius 1 is 1.50 bits per heavy atom. The summed E-state index contributed by atoms with van der Waals surface area (Å²) < 4.78 is 0. The maximum absolute atomic E-state index is 2.41. The van der Waals surface area contributed by atoms with Gasteiger partial charge in [0.1, 0.15) is 0 Å². The van der Waals surface area contributed by atoms with E-state index in [9.17, 15) is 0 Å². The van der Waals surface area contributed by atoms with Crippen molar-refractivity contribution in [2.24, 2.45) is 5.92 Å². The Morgan fingerprint density at radius 3 is 3.00 bits per heavy atom. The quantitative estimate of drug-likeness (QED) is 0.486. The molecule has 0 amide bonds. The third kappa shape index (κ3) is 2.17. The van der Waals surface area contributed by atoms with Gasteiger partial charge in [0.15, 0.2) is 0 Å². The van der Waals surface area contributed by atoms with Crippen molar-refractivity contribution in [1.82, 2.24) is 0 Å². The van der Waals surface area contributed by atoms with Gasteiger partial charge in [0, 0.05) is 0 Å². The fourth-order valence-electron chi connectivity index (χ4n) is 1.65. The lowest BCUT2D eigenvalue weighted by Crippen LogP contribution is -1.95. The van der Waals surface area contributed by atoms with Crippen molar-refractivity contribution in [3.63, 3.8) is 0 Å². The molecular formula is C10H18. The molecule has 0 saturated carbocycles. The molecule has 0 nitrogen and oxygen atoms in total. The van der Waals surface area contributed by atoms with Crippen LogP contribution >= 0.6 is 0 Å². The third-order valence-electron chi connectivity index (χ3n) is 2.59. The van der Waals surface area contributed by atoms with Crippen LogP contribution in [0.4, 0.5) is 0 Å². The van der Waals surface area contributed by atoms with Gasteiger partial charge in [-0.3, -0.25) is 0 Å². The van der Waals surface area contributed by atoms with Gasteiger partial charge in [-0.2, -0.15) is 0 Å². The van der Waals surface area contributed by atoms with Crippen molar-refractivity contribution in [3.8, 4) is 0 Å². The summed E-state index contributed by atoms with van der Waals surface area (Å²) in [6, 6.07) is 0. The first-order valence-electron chi connectivity index (χ1n) is 4.48. The average molecular weight is 138 g/mol. The zero-order valence-corrected chi connectivity index (χ0v) is 7.19. The van der Waals surface area contributed by atoms with Gasteiger partial charge < -0.3 is 0 Å². The van der Waals surface area contributed by atoms with Crippen molar-refractivity contribution < 1.29 is 0 Å². The molecule has 0 fully saturated rings. The molecule has 1 aliphatic carbocycles. The van der Waals surface area contributed by atoms with Gasteiger partial charge in [0.05, 0.1) is 0 Å². The zero-order chi connectivity index (χ0) is 7.40. The van der Waals surface area contributed by atoms with Crippen molar-refractivity contribution >= 4 is 0 Å². The minimum absolute atomic E-state index is 1.01. The molecule has 58 valence electrons. The lowest BCUT2D eigenvalue weighted by atomic mass is 9.97. The summed E-state index contributed by atoms with van der Waals surface area (Å²) in [5.74, 6) is 1.01. The van der Waals surface area contributed by atoms with Crippen LogP contribution in [0.5, 0.6) is 0 Å².